The van der Waals surface area contributed by atoms with Gasteiger partial charge in [-0.05, 0) is 24.3 Å². The van der Waals surface area contributed by atoms with E-state index < -0.39 is 5.54 Å². The summed E-state index contributed by atoms with van der Waals surface area (Å²) in [6.07, 6.45) is 9.27. The summed E-state index contributed by atoms with van der Waals surface area (Å²) in [5.41, 5.74) is 21.1. The molecule has 24 heavy (non-hydrogen) atoms. The van der Waals surface area contributed by atoms with Crippen LogP contribution in [-0.2, 0) is 5.54 Å². The Bertz CT molecular complexity index is 985. The number of nitrogens with two attached hydrogens (primary N) is 3. The van der Waals surface area contributed by atoms with Crippen molar-refractivity contribution in [3.63, 3.8) is 0 Å². The molecule has 0 amide bonds. The van der Waals surface area contributed by atoms with Gasteiger partial charge < -0.3 is 17.2 Å². The zero-order valence-corrected chi connectivity index (χ0v) is 12.9. The van der Waals surface area contributed by atoms with Crippen LogP contribution in [0, 0.1) is 0 Å². The molecule has 120 valence electrons. The van der Waals surface area contributed by atoms with Crippen molar-refractivity contribution in [3.8, 4) is 11.3 Å². The lowest BCUT2D eigenvalue weighted by molar-refractivity contribution is 0.506. The number of aromatic nitrogens is 4. The average molecular weight is 319 g/mol. The summed E-state index contributed by atoms with van der Waals surface area (Å²) in [6.45, 7) is 0. The maximum absolute atomic E-state index is 6.47. The number of rotatable bonds is 2. The number of pyridine rings is 1. The molecule has 0 saturated heterocycles. The Labute approximate surface area is 138 Å². The predicted molar refractivity (Wildman–Crippen MR) is 91.2 cm³/mol. The van der Waals surface area contributed by atoms with Gasteiger partial charge in [-0.1, -0.05) is 12.1 Å². The molecular formula is C17H17N7. The van der Waals surface area contributed by atoms with E-state index in [4.69, 9.17) is 17.2 Å². The van der Waals surface area contributed by atoms with Crippen molar-refractivity contribution < 1.29 is 0 Å². The Balaban J connectivity index is 1.79. The quantitative estimate of drug-likeness (QED) is 0.649. The van der Waals surface area contributed by atoms with E-state index in [0.717, 1.165) is 16.8 Å². The van der Waals surface area contributed by atoms with E-state index in [1.54, 1.807) is 29.1 Å². The molecule has 0 saturated carbocycles. The first-order chi connectivity index (χ1) is 11.6. The first kappa shape index (κ1) is 14.4. The van der Waals surface area contributed by atoms with Gasteiger partial charge in [-0.25, -0.2) is 14.5 Å². The van der Waals surface area contributed by atoms with E-state index >= 15 is 0 Å². The largest absolute Gasteiger partial charge is 0.400 e. The molecule has 0 fully saturated rings. The van der Waals surface area contributed by atoms with Gasteiger partial charge in [0.15, 0.2) is 5.82 Å². The number of nitrogens with zero attached hydrogens (tertiary/aromatic N) is 4. The lowest BCUT2D eigenvalue weighted by Gasteiger charge is -2.28. The highest BCUT2D eigenvalue weighted by atomic mass is 15.2. The Morgan fingerprint density at radius 1 is 1.17 bits per heavy atom. The normalized spacial score (nSPS) is 20.7. The minimum absolute atomic E-state index is 0.382. The molecule has 4 rings (SSSR count). The first-order valence-electron chi connectivity index (χ1n) is 7.55. The van der Waals surface area contributed by atoms with Crippen molar-refractivity contribution in [1.82, 2.24) is 19.6 Å². The number of allylic oxidation sites excluding steroid dienone is 1. The Hall–Kier alpha value is -3.19. The van der Waals surface area contributed by atoms with Crippen LogP contribution in [0.15, 0.2) is 66.4 Å². The fourth-order valence-corrected chi connectivity index (χ4v) is 2.84. The van der Waals surface area contributed by atoms with Crippen molar-refractivity contribution >= 4 is 5.52 Å². The van der Waals surface area contributed by atoms with Crippen LogP contribution in [0.4, 0.5) is 0 Å². The van der Waals surface area contributed by atoms with Crippen molar-refractivity contribution in [2.75, 3.05) is 0 Å². The third-order valence-electron chi connectivity index (χ3n) is 4.19. The smallest absolute Gasteiger partial charge is 0.153 e. The van der Waals surface area contributed by atoms with Crippen molar-refractivity contribution in [3.05, 3.63) is 72.2 Å². The van der Waals surface area contributed by atoms with Crippen molar-refractivity contribution in [1.29, 1.82) is 0 Å². The standard InChI is InChI=1S/C17H17N7/c18-12-4-6-17(20,9-13(12)19)16-21-7-5-14(23-16)11-10-22-24-8-2-1-3-15(11)24/h1-8,10H,9,18-20H2. The molecule has 3 aromatic rings. The van der Waals surface area contributed by atoms with Gasteiger partial charge in [0.05, 0.1) is 23.1 Å². The summed E-state index contributed by atoms with van der Waals surface area (Å²) < 4.78 is 1.80. The van der Waals surface area contributed by atoms with Gasteiger partial charge in [0.1, 0.15) is 5.54 Å². The predicted octanol–water partition coefficient (Wildman–Crippen LogP) is 1.03. The van der Waals surface area contributed by atoms with E-state index in [2.05, 4.69) is 15.1 Å². The highest BCUT2D eigenvalue weighted by Crippen LogP contribution is 2.30. The molecule has 1 unspecified atom stereocenters. The molecule has 0 spiro atoms. The molecule has 3 heterocycles. The lowest BCUT2D eigenvalue weighted by atomic mass is 9.88. The van der Waals surface area contributed by atoms with Gasteiger partial charge in [0.25, 0.3) is 0 Å². The third-order valence-corrected chi connectivity index (χ3v) is 4.19. The lowest BCUT2D eigenvalue weighted by Crippen LogP contribution is -2.40. The van der Waals surface area contributed by atoms with E-state index in [1.807, 2.05) is 30.5 Å². The molecule has 1 atom stereocenters. The second-order valence-electron chi connectivity index (χ2n) is 5.89. The SMILES string of the molecule is NC1=C(N)CC(N)(c2nccc(-c3cnn4ccccc34)n2)C=C1. The van der Waals surface area contributed by atoms with Crippen LogP contribution in [0.3, 0.4) is 0 Å². The van der Waals surface area contributed by atoms with Crippen LogP contribution in [0.25, 0.3) is 16.8 Å². The zero-order chi connectivity index (χ0) is 16.7. The van der Waals surface area contributed by atoms with Crippen LogP contribution >= 0.6 is 0 Å². The molecule has 0 radical (unpaired) electrons. The van der Waals surface area contributed by atoms with Crippen LogP contribution < -0.4 is 17.2 Å². The van der Waals surface area contributed by atoms with Gasteiger partial charge in [-0.2, -0.15) is 5.10 Å². The summed E-state index contributed by atoms with van der Waals surface area (Å²) in [5.74, 6) is 0.502. The molecular weight excluding hydrogens is 302 g/mol. The molecule has 7 heteroatoms. The maximum Gasteiger partial charge on any atom is 0.153 e. The first-order valence-corrected chi connectivity index (χ1v) is 7.55. The van der Waals surface area contributed by atoms with Crippen LogP contribution in [-0.4, -0.2) is 19.6 Å². The maximum atomic E-state index is 6.47. The van der Waals surface area contributed by atoms with E-state index in [9.17, 15) is 0 Å². The number of hydrogen-bond donors (Lipinski definition) is 3. The monoisotopic (exact) mass is 319 g/mol. The molecule has 7 nitrogen and oxygen atoms in total. The average Bonchev–Trinajstić information content (AvgIpc) is 3.03. The Morgan fingerprint density at radius 3 is 2.88 bits per heavy atom. The number of hydrogen-bond acceptors (Lipinski definition) is 6. The minimum Gasteiger partial charge on any atom is -0.400 e. The molecule has 3 aromatic heterocycles. The molecule has 1 aliphatic rings. The highest BCUT2D eigenvalue weighted by Gasteiger charge is 2.31. The Kier molecular flexibility index (Phi) is 3.10. The van der Waals surface area contributed by atoms with E-state index in [-0.39, 0.29) is 0 Å². The molecule has 1 aliphatic carbocycles. The molecule has 0 aromatic carbocycles. The van der Waals surface area contributed by atoms with Crippen LogP contribution in [0.2, 0.25) is 0 Å². The summed E-state index contributed by atoms with van der Waals surface area (Å²) in [7, 11) is 0. The van der Waals surface area contributed by atoms with Crippen LogP contribution in [0.5, 0.6) is 0 Å². The van der Waals surface area contributed by atoms with E-state index in [1.165, 1.54) is 0 Å². The third kappa shape index (κ3) is 2.22. The fraction of sp³-hybridized carbons (Fsp3) is 0.118. The van der Waals surface area contributed by atoms with Gasteiger partial charge in [0.2, 0.25) is 0 Å². The van der Waals surface area contributed by atoms with Crippen molar-refractivity contribution in [2.24, 2.45) is 17.2 Å². The topological polar surface area (TPSA) is 121 Å². The second kappa shape index (κ2) is 5.17. The summed E-state index contributed by atoms with van der Waals surface area (Å²) in [6, 6.07) is 7.73. The summed E-state index contributed by atoms with van der Waals surface area (Å²) >= 11 is 0. The van der Waals surface area contributed by atoms with Gasteiger partial charge in [0, 0.05) is 30.1 Å². The van der Waals surface area contributed by atoms with Gasteiger partial charge >= 0.3 is 0 Å². The molecule has 0 aliphatic heterocycles. The highest BCUT2D eigenvalue weighted by molar-refractivity contribution is 5.77. The molecule has 0 bridgehead atoms. The van der Waals surface area contributed by atoms with E-state index in [0.29, 0.717) is 23.6 Å². The number of fused-ring (bicyclic) bond motifs is 1. The minimum atomic E-state index is -0.869. The van der Waals surface area contributed by atoms with Crippen LogP contribution in [0.1, 0.15) is 12.2 Å². The molecule has 6 N–H and O–H groups in total. The zero-order valence-electron chi connectivity index (χ0n) is 12.9. The summed E-state index contributed by atoms with van der Waals surface area (Å²) in [5, 5.41) is 4.34. The summed E-state index contributed by atoms with van der Waals surface area (Å²) in [4.78, 5) is 9.01. The van der Waals surface area contributed by atoms with Gasteiger partial charge in [-0.3, -0.25) is 0 Å². The second-order valence-corrected chi connectivity index (χ2v) is 5.89. The Morgan fingerprint density at radius 2 is 2.04 bits per heavy atom. The van der Waals surface area contributed by atoms with Crippen molar-refractivity contribution in [2.45, 2.75) is 12.0 Å². The van der Waals surface area contributed by atoms with Gasteiger partial charge in [-0.15, -0.1) is 0 Å². The fourth-order valence-electron chi connectivity index (χ4n) is 2.84.